The van der Waals surface area contributed by atoms with Crippen molar-refractivity contribution in [2.45, 2.75) is 52.1 Å². The molecule has 2 aromatic heterocycles. The van der Waals surface area contributed by atoms with Gasteiger partial charge in [-0.25, -0.2) is 13.6 Å². The Morgan fingerprint density at radius 1 is 1.18 bits per heavy atom. The molecule has 1 saturated heterocycles. The number of amides is 1. The molecule has 0 radical (unpaired) electrons. The van der Waals surface area contributed by atoms with Gasteiger partial charge in [0.1, 0.15) is 17.1 Å². The van der Waals surface area contributed by atoms with Crippen molar-refractivity contribution in [2.24, 2.45) is 0 Å². The van der Waals surface area contributed by atoms with Gasteiger partial charge < -0.3 is 19.6 Å². The average molecular weight is 602 g/mol. The Kier molecular flexibility index (Phi) is 7.35. The summed E-state index contributed by atoms with van der Waals surface area (Å²) in [6.07, 6.45) is 3.25. The first-order valence-electron chi connectivity index (χ1n) is 14.6. The van der Waals surface area contributed by atoms with E-state index in [-0.39, 0.29) is 64.3 Å². The maximum Gasteiger partial charge on any atom is 0.354 e. The SMILES string of the molecule is C=CC(=O)N1CC(C)N2c3nc(=O)n(-c4c(C)ccnc4C(C)C)c4c(F)c(-c5ccccc5O)c(F)c(c34)OCCC2C1. The number of carbonyl (C=O) groups is 1. The quantitative estimate of drug-likeness (QED) is 0.320. The number of aromatic hydroxyl groups is 1. The zero-order chi connectivity index (χ0) is 31.4. The third-order valence-corrected chi connectivity index (χ3v) is 8.46. The van der Waals surface area contributed by atoms with Crippen LogP contribution >= 0.6 is 0 Å². The van der Waals surface area contributed by atoms with Crippen LogP contribution in [0, 0.1) is 18.6 Å². The van der Waals surface area contributed by atoms with Crippen LogP contribution in [-0.4, -0.2) is 62.2 Å². The van der Waals surface area contributed by atoms with E-state index in [2.05, 4.69) is 16.5 Å². The highest BCUT2D eigenvalue weighted by Crippen LogP contribution is 2.47. The minimum Gasteiger partial charge on any atom is -0.507 e. The minimum absolute atomic E-state index is 0.00298. The maximum absolute atomic E-state index is 17.2. The summed E-state index contributed by atoms with van der Waals surface area (Å²) in [7, 11) is 0. The van der Waals surface area contributed by atoms with E-state index < -0.39 is 22.9 Å². The zero-order valence-electron chi connectivity index (χ0n) is 25.0. The number of hydrogen-bond donors (Lipinski definition) is 1. The highest BCUT2D eigenvalue weighted by molar-refractivity contribution is 6.01. The number of phenols is 1. The molecule has 1 amide bonds. The smallest absolute Gasteiger partial charge is 0.354 e. The van der Waals surface area contributed by atoms with Gasteiger partial charge in [-0.3, -0.25) is 14.3 Å². The van der Waals surface area contributed by atoms with E-state index in [1.54, 1.807) is 36.2 Å². The molecule has 2 aliphatic heterocycles. The van der Waals surface area contributed by atoms with E-state index in [1.807, 2.05) is 25.7 Å². The van der Waals surface area contributed by atoms with Gasteiger partial charge in [0.25, 0.3) is 0 Å². The van der Waals surface area contributed by atoms with Crippen LogP contribution in [0.15, 0.2) is 54.0 Å². The standard InChI is InChI=1S/C33H33F2N5O4/c1-6-23(42)38-15-19(5)39-20(16-38)12-14-44-31-25-30(26(34)24(27(31)35)21-9-7-8-10-22(21)41)40(33(43)37-32(25)39)29-18(4)11-13-36-28(29)17(2)3/h6-11,13,17,19-20,41H,1,12,14-16H2,2-5H3. The summed E-state index contributed by atoms with van der Waals surface area (Å²) in [5, 5.41) is 10.7. The topological polar surface area (TPSA) is 101 Å². The first kappa shape index (κ1) is 29.3. The molecule has 1 fully saturated rings. The summed E-state index contributed by atoms with van der Waals surface area (Å²) in [5.74, 6) is -2.96. The zero-order valence-corrected chi connectivity index (χ0v) is 25.0. The number of nitrogens with zero attached hydrogens (tertiary/aromatic N) is 5. The van der Waals surface area contributed by atoms with E-state index in [4.69, 9.17) is 4.74 Å². The van der Waals surface area contributed by atoms with Crippen LogP contribution in [0.4, 0.5) is 14.6 Å². The average Bonchev–Trinajstić information content (AvgIpc) is 2.98. The molecule has 2 unspecified atom stereocenters. The molecule has 2 aliphatic rings. The normalized spacial score (nSPS) is 18.1. The number of anilines is 1. The van der Waals surface area contributed by atoms with E-state index >= 15 is 8.78 Å². The van der Waals surface area contributed by atoms with Crippen molar-refractivity contribution in [2.75, 3.05) is 24.6 Å². The third kappa shape index (κ3) is 4.49. The lowest BCUT2D eigenvalue weighted by molar-refractivity contribution is -0.127. The molecule has 11 heteroatoms. The Bertz CT molecular complexity index is 1890. The maximum atomic E-state index is 17.2. The van der Waals surface area contributed by atoms with Gasteiger partial charge in [-0.2, -0.15) is 4.98 Å². The second-order valence-electron chi connectivity index (χ2n) is 11.6. The van der Waals surface area contributed by atoms with Gasteiger partial charge in [-0.15, -0.1) is 0 Å². The van der Waals surface area contributed by atoms with Crippen LogP contribution in [0.2, 0.25) is 0 Å². The molecule has 0 spiro atoms. The molecule has 4 aromatic rings. The van der Waals surface area contributed by atoms with Gasteiger partial charge in [0.2, 0.25) is 5.91 Å². The van der Waals surface area contributed by atoms with Crippen LogP contribution in [0.1, 0.15) is 44.4 Å². The number of piperazine rings is 1. The number of phenolic OH excluding ortho intramolecular Hbond substituents is 1. The summed E-state index contributed by atoms with van der Waals surface area (Å²) in [4.78, 5) is 39.3. The highest BCUT2D eigenvalue weighted by atomic mass is 19.1. The molecule has 2 aromatic carbocycles. The van der Waals surface area contributed by atoms with Crippen LogP contribution in [0.25, 0.3) is 27.7 Å². The lowest BCUT2D eigenvalue weighted by Crippen LogP contribution is -2.60. The molecule has 0 bridgehead atoms. The van der Waals surface area contributed by atoms with Crippen LogP contribution < -0.4 is 15.3 Å². The van der Waals surface area contributed by atoms with Gasteiger partial charge >= 0.3 is 5.69 Å². The molecule has 1 N–H and O–H groups in total. The summed E-state index contributed by atoms with van der Waals surface area (Å²) in [6, 6.07) is 6.87. The fourth-order valence-corrected chi connectivity index (χ4v) is 6.50. The molecular weight excluding hydrogens is 568 g/mol. The Morgan fingerprint density at radius 3 is 2.64 bits per heavy atom. The number of fused-ring (bicyclic) bond motifs is 2. The van der Waals surface area contributed by atoms with E-state index in [1.165, 1.54) is 18.2 Å². The number of hydrogen-bond acceptors (Lipinski definition) is 7. The molecule has 2 atom stereocenters. The Morgan fingerprint density at radius 2 is 1.93 bits per heavy atom. The van der Waals surface area contributed by atoms with Crippen molar-refractivity contribution >= 4 is 22.6 Å². The molecule has 4 heterocycles. The van der Waals surface area contributed by atoms with Crippen LogP contribution in [0.3, 0.4) is 0 Å². The number of rotatable bonds is 4. The first-order chi connectivity index (χ1) is 21.0. The number of benzene rings is 2. The summed E-state index contributed by atoms with van der Waals surface area (Å²) in [6.45, 7) is 11.7. The molecule has 228 valence electrons. The minimum atomic E-state index is -1.05. The van der Waals surface area contributed by atoms with Gasteiger partial charge in [0, 0.05) is 37.3 Å². The molecule has 0 saturated carbocycles. The largest absolute Gasteiger partial charge is 0.507 e. The number of aromatic nitrogens is 3. The Labute approximate surface area is 253 Å². The lowest BCUT2D eigenvalue weighted by Gasteiger charge is -2.47. The van der Waals surface area contributed by atoms with Crippen molar-refractivity contribution in [3.8, 4) is 28.3 Å². The molecule has 44 heavy (non-hydrogen) atoms. The van der Waals surface area contributed by atoms with Gasteiger partial charge in [-0.1, -0.05) is 38.6 Å². The predicted octanol–water partition coefficient (Wildman–Crippen LogP) is 5.24. The monoisotopic (exact) mass is 601 g/mol. The van der Waals surface area contributed by atoms with E-state index in [0.717, 1.165) is 4.57 Å². The van der Waals surface area contributed by atoms with E-state index in [0.29, 0.717) is 36.5 Å². The summed E-state index contributed by atoms with van der Waals surface area (Å²) >= 11 is 0. The summed E-state index contributed by atoms with van der Waals surface area (Å²) < 4.78 is 41.0. The van der Waals surface area contributed by atoms with Crippen LogP contribution in [0.5, 0.6) is 11.5 Å². The number of para-hydroxylation sites is 1. The van der Waals surface area contributed by atoms with Crippen molar-refractivity contribution in [1.29, 1.82) is 0 Å². The number of aryl methyl sites for hydroxylation is 1. The Balaban J connectivity index is 1.77. The third-order valence-electron chi connectivity index (χ3n) is 8.46. The number of ether oxygens (including phenoxy) is 1. The van der Waals surface area contributed by atoms with Crippen molar-refractivity contribution in [3.63, 3.8) is 0 Å². The number of carbonyl (C=O) groups excluding carboxylic acids is 1. The van der Waals surface area contributed by atoms with Gasteiger partial charge in [0.05, 0.1) is 35.0 Å². The molecule has 0 aliphatic carbocycles. The van der Waals surface area contributed by atoms with Crippen molar-refractivity contribution < 1.29 is 23.4 Å². The number of pyridine rings is 1. The van der Waals surface area contributed by atoms with E-state index in [9.17, 15) is 14.7 Å². The fraction of sp³-hybridized carbons (Fsp3) is 0.333. The van der Waals surface area contributed by atoms with Crippen molar-refractivity contribution in [1.82, 2.24) is 19.4 Å². The van der Waals surface area contributed by atoms with Crippen LogP contribution in [-0.2, 0) is 4.79 Å². The molecule has 6 rings (SSSR count). The second kappa shape index (κ2) is 11.0. The van der Waals surface area contributed by atoms with Gasteiger partial charge in [-0.05, 0) is 43.5 Å². The molecule has 9 nitrogen and oxygen atoms in total. The van der Waals surface area contributed by atoms with Gasteiger partial charge in [0.15, 0.2) is 17.4 Å². The highest BCUT2D eigenvalue weighted by Gasteiger charge is 2.40. The second-order valence-corrected chi connectivity index (χ2v) is 11.6. The lowest BCUT2D eigenvalue weighted by atomic mass is 9.97. The predicted molar refractivity (Wildman–Crippen MR) is 164 cm³/mol. The van der Waals surface area contributed by atoms with Crippen molar-refractivity contribution in [3.05, 3.63) is 82.6 Å². The Hall–Kier alpha value is -4.80. The summed E-state index contributed by atoms with van der Waals surface area (Å²) in [5.41, 5.74) is -0.0840. The molecular formula is C33H33F2N5O4. The fourth-order valence-electron chi connectivity index (χ4n) is 6.50. The number of halogens is 2. The first-order valence-corrected chi connectivity index (χ1v) is 14.6.